The van der Waals surface area contributed by atoms with Crippen LogP contribution < -0.4 is 0 Å². The Labute approximate surface area is 182 Å². The van der Waals surface area contributed by atoms with Crippen LogP contribution in [-0.2, 0) is 18.8 Å². The Morgan fingerprint density at radius 3 is 1.28 bits per heavy atom. The third-order valence-electron chi connectivity index (χ3n) is 5.74. The van der Waals surface area contributed by atoms with Gasteiger partial charge < -0.3 is 0 Å². The molecule has 176 valence electrons. The van der Waals surface area contributed by atoms with Crippen LogP contribution in [0.2, 0.25) is 0 Å². The minimum Gasteiger partial charge on any atom is -0.248 e. The topological polar surface area (TPSA) is 52.6 Å². The van der Waals surface area contributed by atoms with Crippen molar-refractivity contribution in [2.75, 3.05) is 13.2 Å². The third-order valence-corrected chi connectivity index (χ3v) is 6.65. The zero-order valence-corrected chi connectivity index (χ0v) is 20.7. The molecule has 0 aromatic heterocycles. The summed E-state index contributed by atoms with van der Waals surface area (Å²) in [5.41, 5.74) is 0. The molecule has 0 saturated carbocycles. The van der Waals surface area contributed by atoms with E-state index in [9.17, 15) is 8.42 Å². The van der Waals surface area contributed by atoms with Gasteiger partial charge in [-0.3, -0.25) is 0 Å². The van der Waals surface area contributed by atoms with Crippen LogP contribution in [0.15, 0.2) is 0 Å². The highest BCUT2D eigenvalue weighted by Crippen LogP contribution is 2.17. The maximum absolute atomic E-state index is 11.7. The van der Waals surface area contributed by atoms with E-state index in [0.29, 0.717) is 0 Å². The first kappa shape index (κ1) is 28.9. The van der Waals surface area contributed by atoms with Crippen molar-refractivity contribution in [2.24, 2.45) is 11.8 Å². The van der Waals surface area contributed by atoms with Crippen LogP contribution in [0.1, 0.15) is 130 Å². The molecule has 0 aromatic rings. The van der Waals surface area contributed by atoms with Crippen LogP contribution in [-0.4, -0.2) is 21.6 Å². The van der Waals surface area contributed by atoms with E-state index < -0.39 is 10.4 Å². The van der Waals surface area contributed by atoms with Gasteiger partial charge in [-0.25, -0.2) is 8.37 Å². The summed E-state index contributed by atoms with van der Waals surface area (Å²) < 4.78 is 33.4. The fourth-order valence-electron chi connectivity index (χ4n) is 3.65. The summed E-state index contributed by atoms with van der Waals surface area (Å²) in [5, 5.41) is 0. The molecule has 0 N–H and O–H groups in total. The van der Waals surface area contributed by atoms with E-state index in [1.165, 1.54) is 64.2 Å². The van der Waals surface area contributed by atoms with Gasteiger partial charge in [0, 0.05) is 0 Å². The number of unbranched alkanes of at least 4 members (excludes halogenated alkanes) is 8. The Bertz CT molecular complexity index is 402. The Kier molecular flexibility index (Phi) is 19.7. The second-order valence-electron chi connectivity index (χ2n) is 8.95. The first-order chi connectivity index (χ1) is 13.9. The molecule has 0 heterocycles. The quantitative estimate of drug-likeness (QED) is 0.163. The number of rotatable bonds is 22. The van der Waals surface area contributed by atoms with Gasteiger partial charge in [0.25, 0.3) is 0 Å². The Morgan fingerprint density at radius 2 is 0.897 bits per heavy atom. The van der Waals surface area contributed by atoms with E-state index >= 15 is 0 Å². The molecule has 4 nitrogen and oxygen atoms in total. The molecule has 0 amide bonds. The SMILES string of the molecule is CCCCC(C)CCCCCCOS(=O)(=O)OCCCCCCC(C)CCCC. The van der Waals surface area contributed by atoms with Gasteiger partial charge in [0.2, 0.25) is 0 Å². The molecular formula is C24H50O4S. The first-order valence-electron chi connectivity index (χ1n) is 12.4. The molecule has 0 aromatic carbocycles. The zero-order chi connectivity index (χ0) is 21.8. The summed E-state index contributed by atoms with van der Waals surface area (Å²) in [5.74, 6) is 1.62. The largest absolute Gasteiger partial charge is 0.399 e. The third kappa shape index (κ3) is 20.9. The second-order valence-corrected chi connectivity index (χ2v) is 10.2. The van der Waals surface area contributed by atoms with Crippen molar-refractivity contribution >= 4 is 10.4 Å². The highest BCUT2D eigenvalue weighted by molar-refractivity contribution is 7.81. The Morgan fingerprint density at radius 1 is 0.552 bits per heavy atom. The summed E-state index contributed by atoms with van der Waals surface area (Å²) >= 11 is 0. The molecule has 0 bridgehead atoms. The normalized spacial score (nSPS) is 14.2. The van der Waals surface area contributed by atoms with E-state index in [2.05, 4.69) is 27.7 Å². The van der Waals surface area contributed by atoms with Crippen LogP contribution in [0.25, 0.3) is 0 Å². The molecule has 0 aliphatic rings. The van der Waals surface area contributed by atoms with E-state index in [1.807, 2.05) is 0 Å². The molecule has 0 spiro atoms. The van der Waals surface area contributed by atoms with E-state index in [-0.39, 0.29) is 13.2 Å². The summed E-state index contributed by atoms with van der Waals surface area (Å²) in [6, 6.07) is 0. The number of hydrogen-bond acceptors (Lipinski definition) is 4. The van der Waals surface area contributed by atoms with Gasteiger partial charge in [-0.15, -0.1) is 0 Å². The highest BCUT2D eigenvalue weighted by Gasteiger charge is 2.11. The fourth-order valence-corrected chi connectivity index (χ4v) is 4.36. The molecule has 5 heteroatoms. The van der Waals surface area contributed by atoms with Crippen LogP contribution in [0.4, 0.5) is 0 Å². The Hall–Kier alpha value is -0.130. The molecule has 0 rings (SSSR count). The van der Waals surface area contributed by atoms with Gasteiger partial charge in [-0.1, -0.05) is 118 Å². The highest BCUT2D eigenvalue weighted by atomic mass is 32.3. The van der Waals surface area contributed by atoms with Crippen LogP contribution >= 0.6 is 0 Å². The zero-order valence-electron chi connectivity index (χ0n) is 19.9. The summed E-state index contributed by atoms with van der Waals surface area (Å²) in [7, 11) is -3.81. The maximum atomic E-state index is 11.7. The second kappa shape index (κ2) is 19.8. The molecular weight excluding hydrogens is 384 g/mol. The predicted octanol–water partition coefficient (Wildman–Crippen LogP) is 7.82. The van der Waals surface area contributed by atoms with Gasteiger partial charge in [0.1, 0.15) is 0 Å². The number of hydrogen-bond donors (Lipinski definition) is 0. The van der Waals surface area contributed by atoms with Gasteiger partial charge >= 0.3 is 10.4 Å². The lowest BCUT2D eigenvalue weighted by atomic mass is 9.97. The lowest BCUT2D eigenvalue weighted by molar-refractivity contribution is 0.207. The van der Waals surface area contributed by atoms with E-state index in [1.54, 1.807) is 0 Å². The van der Waals surface area contributed by atoms with Crippen molar-refractivity contribution in [3.05, 3.63) is 0 Å². The predicted molar refractivity (Wildman–Crippen MR) is 124 cm³/mol. The van der Waals surface area contributed by atoms with Crippen molar-refractivity contribution in [1.29, 1.82) is 0 Å². The molecule has 0 saturated heterocycles. The first-order valence-corrected chi connectivity index (χ1v) is 13.8. The minimum atomic E-state index is -3.81. The van der Waals surface area contributed by atoms with Crippen molar-refractivity contribution in [2.45, 2.75) is 130 Å². The average molecular weight is 435 g/mol. The van der Waals surface area contributed by atoms with Crippen LogP contribution in [0.5, 0.6) is 0 Å². The Balaban J connectivity index is 3.49. The summed E-state index contributed by atoms with van der Waals surface area (Å²) in [6.45, 7) is 9.61. The fraction of sp³-hybridized carbons (Fsp3) is 1.00. The molecule has 0 fully saturated rings. The molecule has 2 atom stereocenters. The molecule has 0 aliphatic carbocycles. The average Bonchev–Trinajstić information content (AvgIpc) is 2.69. The molecule has 2 unspecified atom stereocenters. The summed E-state index contributed by atoms with van der Waals surface area (Å²) in [6.07, 6.45) is 18.8. The van der Waals surface area contributed by atoms with E-state index in [4.69, 9.17) is 8.37 Å². The molecule has 0 aliphatic heterocycles. The summed E-state index contributed by atoms with van der Waals surface area (Å²) in [4.78, 5) is 0. The lowest BCUT2D eigenvalue weighted by Crippen LogP contribution is -2.12. The van der Waals surface area contributed by atoms with Crippen molar-refractivity contribution in [1.82, 2.24) is 0 Å². The smallest absolute Gasteiger partial charge is 0.248 e. The van der Waals surface area contributed by atoms with Crippen molar-refractivity contribution < 1.29 is 16.8 Å². The van der Waals surface area contributed by atoms with E-state index in [0.717, 1.165) is 50.4 Å². The standard InChI is InChI=1S/C24H50O4S/c1-5-7-17-23(3)19-13-9-11-15-21-27-29(25,26)28-22-16-12-10-14-20-24(4)18-8-6-2/h23-24H,5-22H2,1-4H3. The van der Waals surface area contributed by atoms with Gasteiger partial charge in [-0.2, -0.15) is 8.42 Å². The van der Waals surface area contributed by atoms with Gasteiger partial charge in [-0.05, 0) is 24.7 Å². The van der Waals surface area contributed by atoms with Crippen LogP contribution in [0, 0.1) is 11.8 Å². The monoisotopic (exact) mass is 434 g/mol. The maximum Gasteiger partial charge on any atom is 0.399 e. The molecule has 0 radical (unpaired) electrons. The minimum absolute atomic E-state index is 0.239. The van der Waals surface area contributed by atoms with Crippen molar-refractivity contribution in [3.63, 3.8) is 0 Å². The van der Waals surface area contributed by atoms with Crippen LogP contribution in [0.3, 0.4) is 0 Å². The molecule has 29 heavy (non-hydrogen) atoms. The van der Waals surface area contributed by atoms with Crippen molar-refractivity contribution in [3.8, 4) is 0 Å². The lowest BCUT2D eigenvalue weighted by Gasteiger charge is -2.10. The van der Waals surface area contributed by atoms with Gasteiger partial charge in [0.05, 0.1) is 13.2 Å². The van der Waals surface area contributed by atoms with Gasteiger partial charge in [0.15, 0.2) is 0 Å².